The van der Waals surface area contributed by atoms with Crippen LogP contribution in [0, 0.1) is 5.92 Å². The summed E-state index contributed by atoms with van der Waals surface area (Å²) >= 11 is 1.35. The Hall–Kier alpha value is -7.49. The standard InChI is InChI=1S/C64H88N12O17S/c1-34-30-76-54(55(34)85)60(90)66-29-43(80)27-45(67-56(86)37-10-12-38(13-11-37)61-71-72-62(94-61)39-14-16-42(17-15-39)74-23-21-73(22-24-74)41-7-5-4-6-8-41)57(87)68-51(35(2)79)63(91)75-31-44(81)28-46(75)58(88)69-52(49(84)25-36-9-18-47(82)50(26-36)93-3)59(89)70-53(64(76)92)48(83)19-20-65-40(32-77)33-78/h9-18,26,34-35,40-41,43-46,48-49,51-55,65,77-85H,4-8,19-25,27-33H2,1-3H3,(H,66,90)(H,67,86)(H,68,87)(H,69,88)(H,70,89)/t34-,35+,43+,44+,45?,46-,48+,49+,51-,52-,53-,54-,55-/m0/s1. The summed E-state index contributed by atoms with van der Waals surface area (Å²) in [6.07, 6.45) is -5.65. The fourth-order valence-corrected chi connectivity index (χ4v) is 13.8. The number of piperazine rings is 1. The maximum absolute atomic E-state index is 15.0. The van der Waals surface area contributed by atoms with Crippen LogP contribution in [-0.2, 0) is 35.2 Å². The molecule has 5 aliphatic rings. The Morgan fingerprint density at radius 2 is 1.35 bits per heavy atom. The summed E-state index contributed by atoms with van der Waals surface area (Å²) in [7, 11) is 1.27. The van der Waals surface area contributed by atoms with Gasteiger partial charge in [-0.15, -0.1) is 10.2 Å². The number of nitrogens with one attached hydrogen (secondary N) is 6. The minimum Gasteiger partial charge on any atom is -0.504 e. The molecule has 9 rings (SSSR count). The first-order valence-electron chi connectivity index (χ1n) is 32.1. The van der Waals surface area contributed by atoms with E-state index in [1.54, 1.807) is 12.1 Å². The van der Waals surface area contributed by atoms with Crippen molar-refractivity contribution in [1.82, 2.24) is 56.8 Å². The van der Waals surface area contributed by atoms with Crippen LogP contribution >= 0.6 is 11.3 Å². The van der Waals surface area contributed by atoms with E-state index in [9.17, 15) is 79.5 Å². The molecule has 1 aromatic heterocycles. The van der Waals surface area contributed by atoms with Gasteiger partial charge in [-0.3, -0.25) is 38.5 Å². The van der Waals surface area contributed by atoms with Gasteiger partial charge in [-0.05, 0) is 86.8 Å². The third-order valence-electron chi connectivity index (χ3n) is 18.5. The number of β-amino-alcohol motifs (C(OH)–C–C–N with tert-alkyl or cyclic N) is 1. The second-order valence-electron chi connectivity index (χ2n) is 25.2. The van der Waals surface area contributed by atoms with E-state index >= 15 is 0 Å². The lowest BCUT2D eigenvalue weighted by atomic mass is 9.94. The van der Waals surface area contributed by atoms with Crippen LogP contribution in [0.15, 0.2) is 66.7 Å². The molecular weight excluding hydrogens is 1240 g/mol. The largest absolute Gasteiger partial charge is 0.504 e. The third kappa shape index (κ3) is 17.1. The molecule has 7 amide bonds. The molecule has 30 heteroatoms. The molecule has 94 heavy (non-hydrogen) atoms. The quantitative estimate of drug-likeness (QED) is 0.0483. The minimum atomic E-state index is -2.07. The van der Waals surface area contributed by atoms with Crippen molar-refractivity contribution >= 4 is 58.4 Å². The number of anilines is 1. The molecular formula is C64H88N12O17S. The molecule has 512 valence electrons. The first-order valence-corrected chi connectivity index (χ1v) is 32.9. The number of amides is 7. The summed E-state index contributed by atoms with van der Waals surface area (Å²) in [4.78, 5) is 109. The first-order chi connectivity index (χ1) is 45.0. The molecule has 29 nitrogen and oxygen atoms in total. The lowest BCUT2D eigenvalue weighted by Gasteiger charge is -2.41. The lowest BCUT2D eigenvalue weighted by molar-refractivity contribution is -0.147. The van der Waals surface area contributed by atoms with Crippen molar-refractivity contribution in [3.05, 3.63) is 77.9 Å². The van der Waals surface area contributed by atoms with E-state index in [0.29, 0.717) is 21.6 Å². The number of fused-ring (bicyclic) bond motifs is 2. The molecule has 3 aromatic carbocycles. The van der Waals surface area contributed by atoms with Gasteiger partial charge in [-0.1, -0.05) is 55.7 Å². The van der Waals surface area contributed by atoms with Crippen molar-refractivity contribution in [3.8, 4) is 32.6 Å². The zero-order chi connectivity index (χ0) is 67.5. The Bertz CT molecular complexity index is 3260. The number of ether oxygens (including phenoxy) is 1. The number of aromatic hydroxyl groups is 1. The summed E-state index contributed by atoms with van der Waals surface area (Å²) in [6, 6.07) is 7.11. The number of aromatic nitrogens is 2. The first kappa shape index (κ1) is 70.8. The zero-order valence-electron chi connectivity index (χ0n) is 52.8. The van der Waals surface area contributed by atoms with Gasteiger partial charge in [0.15, 0.2) is 11.5 Å². The molecule has 1 unspecified atom stereocenters. The smallest absolute Gasteiger partial charge is 0.251 e. The van der Waals surface area contributed by atoms with Gasteiger partial charge in [0, 0.05) is 99.4 Å². The van der Waals surface area contributed by atoms with Crippen molar-refractivity contribution in [2.75, 3.05) is 77.6 Å². The number of nitrogens with zero attached hydrogens (tertiary/aromatic N) is 6. The number of hydrogen-bond donors (Lipinski definition) is 15. The Labute approximate surface area is 547 Å². The zero-order valence-corrected chi connectivity index (χ0v) is 53.6. The maximum atomic E-state index is 15.0. The monoisotopic (exact) mass is 1330 g/mol. The fourth-order valence-electron chi connectivity index (χ4n) is 13.0. The van der Waals surface area contributed by atoms with E-state index in [0.717, 1.165) is 54.2 Å². The Kier molecular flexibility index (Phi) is 24.3. The number of rotatable bonds is 18. The van der Waals surface area contributed by atoms with Gasteiger partial charge < -0.3 is 97.3 Å². The molecule has 1 saturated carbocycles. The van der Waals surface area contributed by atoms with Crippen LogP contribution in [-0.4, -0.2) is 270 Å². The molecule has 1 aliphatic carbocycles. The van der Waals surface area contributed by atoms with Gasteiger partial charge in [0.1, 0.15) is 46.3 Å². The fraction of sp³-hybridized carbons (Fsp3) is 0.578. The van der Waals surface area contributed by atoms with Crippen LogP contribution < -0.4 is 41.5 Å². The van der Waals surface area contributed by atoms with E-state index in [1.165, 1.54) is 87.8 Å². The van der Waals surface area contributed by atoms with Crippen LogP contribution in [0.2, 0.25) is 0 Å². The number of benzene rings is 3. The van der Waals surface area contributed by atoms with Crippen LogP contribution in [0.3, 0.4) is 0 Å². The number of phenolic OH excluding ortho intramolecular Hbond substituents is 1. The molecule has 13 atom stereocenters. The highest BCUT2D eigenvalue weighted by atomic mass is 32.1. The highest BCUT2D eigenvalue weighted by Gasteiger charge is 2.50. The van der Waals surface area contributed by atoms with Gasteiger partial charge in [0.25, 0.3) is 5.91 Å². The normalized spacial score (nSPS) is 26.9. The Balaban J connectivity index is 0.966. The van der Waals surface area contributed by atoms with Gasteiger partial charge in [0.05, 0.1) is 63.0 Å². The average molecular weight is 1330 g/mol. The van der Waals surface area contributed by atoms with Crippen molar-refractivity contribution < 1.29 is 84.3 Å². The summed E-state index contributed by atoms with van der Waals surface area (Å²) in [5.41, 5.74) is 2.93. The summed E-state index contributed by atoms with van der Waals surface area (Å²) in [6.45, 7) is 3.90. The highest BCUT2D eigenvalue weighted by Crippen LogP contribution is 2.34. The number of carbonyl (C=O) groups excluding carboxylic acids is 7. The molecule has 5 fully saturated rings. The summed E-state index contributed by atoms with van der Waals surface area (Å²) < 4.78 is 5.22. The minimum absolute atomic E-state index is 0.0229. The van der Waals surface area contributed by atoms with Gasteiger partial charge >= 0.3 is 0 Å². The topological polar surface area (TPSA) is 422 Å². The van der Waals surface area contributed by atoms with Gasteiger partial charge in [-0.25, -0.2) is 0 Å². The molecule has 0 radical (unpaired) electrons. The SMILES string of the molecule is COc1cc(C[C@@H](O)[C@@H]2NC(=O)[C@@H]3C[C@@H](O)CN3C(=O)[C@H]([C@@H](C)O)NC(=O)C(NC(=O)c3ccc(-c4nnc(-c5ccc(N6CCN(C7CCCCC7)CC6)cc5)s4)cc3)C[C@@H](O)CNC(=O)[C@@H]3[C@@H](O)[C@@H](C)CN3C(=O)[C@H]([C@H](O)CCNC(CO)CO)NC2=O)ccc1O. The second kappa shape index (κ2) is 32.3. The summed E-state index contributed by atoms with van der Waals surface area (Å²) in [5.74, 6) is -8.80. The number of hydrogen-bond acceptors (Lipinski definition) is 23. The second-order valence-corrected chi connectivity index (χ2v) is 26.1. The number of aliphatic hydroxyl groups excluding tert-OH is 8. The molecule has 0 spiro atoms. The van der Waals surface area contributed by atoms with Gasteiger partial charge in [-0.2, -0.15) is 0 Å². The number of carbonyl (C=O) groups is 7. The highest BCUT2D eigenvalue weighted by molar-refractivity contribution is 7.17. The molecule has 0 bridgehead atoms. The van der Waals surface area contributed by atoms with E-state index in [4.69, 9.17) is 4.74 Å². The number of aliphatic hydroxyl groups is 8. The van der Waals surface area contributed by atoms with Crippen LogP contribution in [0.4, 0.5) is 5.69 Å². The van der Waals surface area contributed by atoms with E-state index in [-0.39, 0.29) is 42.1 Å². The number of phenols is 1. The number of methoxy groups -OCH3 is 1. The molecule has 4 aliphatic heterocycles. The third-order valence-corrected chi connectivity index (χ3v) is 19.5. The molecule has 5 heterocycles. The Morgan fingerprint density at radius 1 is 0.723 bits per heavy atom. The van der Waals surface area contributed by atoms with Crippen LogP contribution in [0.1, 0.15) is 81.1 Å². The van der Waals surface area contributed by atoms with E-state index in [2.05, 4.69) is 64.0 Å². The van der Waals surface area contributed by atoms with Crippen LogP contribution in [0.25, 0.3) is 21.1 Å². The molecule has 4 aromatic rings. The average Bonchev–Trinajstić information content (AvgIpc) is 1.62. The van der Waals surface area contributed by atoms with Crippen molar-refractivity contribution in [3.63, 3.8) is 0 Å². The summed E-state index contributed by atoms with van der Waals surface area (Å²) in [5, 5.41) is 124. The van der Waals surface area contributed by atoms with E-state index < -0.39 is 172 Å². The molecule has 4 saturated heterocycles. The molecule has 15 N–H and O–H groups in total. The van der Waals surface area contributed by atoms with Crippen LogP contribution in [0.5, 0.6) is 11.5 Å². The van der Waals surface area contributed by atoms with Crippen molar-refractivity contribution in [2.45, 2.75) is 157 Å². The lowest BCUT2D eigenvalue weighted by Crippen LogP contribution is -2.64. The maximum Gasteiger partial charge on any atom is 0.251 e. The van der Waals surface area contributed by atoms with Crippen molar-refractivity contribution in [2.24, 2.45) is 5.92 Å². The van der Waals surface area contributed by atoms with Crippen molar-refractivity contribution in [1.29, 1.82) is 0 Å². The Morgan fingerprint density at radius 3 is 1.99 bits per heavy atom. The van der Waals surface area contributed by atoms with E-state index in [1.807, 2.05) is 12.1 Å². The predicted octanol–water partition coefficient (Wildman–Crippen LogP) is -2.68. The predicted molar refractivity (Wildman–Crippen MR) is 342 cm³/mol. The van der Waals surface area contributed by atoms with Gasteiger partial charge in [0.2, 0.25) is 35.4 Å².